The van der Waals surface area contributed by atoms with E-state index in [2.05, 4.69) is 20.8 Å². The molecule has 0 radical (unpaired) electrons. The van der Waals surface area contributed by atoms with Crippen molar-refractivity contribution in [3.05, 3.63) is 77.5 Å². The zero-order valence-electron chi connectivity index (χ0n) is 16.3. The standard InChI is InChI=1S/C22H22N4O3/c1-15(27)17-6-4-7-18(14-17)24-21-10-9-20(25-26-21)22(28)23-12-11-16-5-3-8-19(13-16)29-2/h3-10,13-14H,11-12H2,1-2H3,(H,23,28)(H,24,26). The largest absolute Gasteiger partial charge is 0.497 e. The number of hydrogen-bond donors (Lipinski definition) is 2. The van der Waals surface area contributed by atoms with Crippen molar-refractivity contribution >= 4 is 23.2 Å². The maximum Gasteiger partial charge on any atom is 0.271 e. The highest BCUT2D eigenvalue weighted by Crippen LogP contribution is 2.16. The number of rotatable bonds is 8. The summed E-state index contributed by atoms with van der Waals surface area (Å²) in [6, 6.07) is 18.1. The Morgan fingerprint density at radius 3 is 2.55 bits per heavy atom. The van der Waals surface area contributed by atoms with E-state index in [4.69, 9.17) is 4.74 Å². The molecule has 3 aromatic rings. The van der Waals surface area contributed by atoms with Crippen molar-refractivity contribution in [1.29, 1.82) is 0 Å². The van der Waals surface area contributed by atoms with Crippen molar-refractivity contribution in [2.75, 3.05) is 19.0 Å². The van der Waals surface area contributed by atoms with Gasteiger partial charge in [-0.1, -0.05) is 24.3 Å². The minimum absolute atomic E-state index is 0.0132. The highest BCUT2D eigenvalue weighted by Gasteiger charge is 2.08. The number of ketones is 1. The summed E-state index contributed by atoms with van der Waals surface area (Å²) in [5.74, 6) is 0.974. The van der Waals surface area contributed by atoms with Gasteiger partial charge in [0.05, 0.1) is 7.11 Å². The molecule has 2 aromatic carbocycles. The van der Waals surface area contributed by atoms with Gasteiger partial charge in [0.25, 0.3) is 5.91 Å². The van der Waals surface area contributed by atoms with E-state index in [1.165, 1.54) is 6.92 Å². The molecular weight excluding hydrogens is 368 g/mol. The lowest BCUT2D eigenvalue weighted by molar-refractivity contribution is 0.0947. The molecule has 1 heterocycles. The molecule has 29 heavy (non-hydrogen) atoms. The van der Waals surface area contributed by atoms with Gasteiger partial charge in [-0.3, -0.25) is 9.59 Å². The molecule has 0 saturated heterocycles. The van der Waals surface area contributed by atoms with Gasteiger partial charge in [0, 0.05) is 17.8 Å². The van der Waals surface area contributed by atoms with Crippen molar-refractivity contribution in [3.63, 3.8) is 0 Å². The minimum Gasteiger partial charge on any atom is -0.497 e. The number of anilines is 2. The smallest absolute Gasteiger partial charge is 0.271 e. The Morgan fingerprint density at radius 2 is 1.83 bits per heavy atom. The molecule has 148 valence electrons. The third-order valence-corrected chi connectivity index (χ3v) is 4.27. The van der Waals surface area contributed by atoms with Crippen LogP contribution in [0.2, 0.25) is 0 Å². The molecular formula is C22H22N4O3. The fourth-order valence-electron chi connectivity index (χ4n) is 2.72. The second-order valence-corrected chi connectivity index (χ2v) is 6.42. The number of nitrogens with one attached hydrogen (secondary N) is 2. The molecule has 2 N–H and O–H groups in total. The molecule has 0 unspecified atom stereocenters. The number of carbonyl (C=O) groups excluding carboxylic acids is 2. The maximum absolute atomic E-state index is 12.3. The van der Waals surface area contributed by atoms with Gasteiger partial charge < -0.3 is 15.4 Å². The monoisotopic (exact) mass is 390 g/mol. The molecule has 7 heteroatoms. The van der Waals surface area contributed by atoms with Gasteiger partial charge in [-0.2, -0.15) is 0 Å². The van der Waals surface area contributed by atoms with Gasteiger partial charge in [-0.15, -0.1) is 10.2 Å². The maximum atomic E-state index is 12.3. The predicted octanol–water partition coefficient (Wildman–Crippen LogP) is 3.40. The summed E-state index contributed by atoms with van der Waals surface area (Å²) in [6.45, 7) is 1.99. The number of benzene rings is 2. The minimum atomic E-state index is -0.287. The van der Waals surface area contributed by atoms with E-state index >= 15 is 0 Å². The van der Waals surface area contributed by atoms with Crippen molar-refractivity contribution < 1.29 is 14.3 Å². The van der Waals surface area contributed by atoms with Crippen LogP contribution < -0.4 is 15.4 Å². The van der Waals surface area contributed by atoms with Crippen LogP contribution in [0.3, 0.4) is 0 Å². The van der Waals surface area contributed by atoms with E-state index in [-0.39, 0.29) is 17.4 Å². The van der Waals surface area contributed by atoms with Crippen molar-refractivity contribution in [3.8, 4) is 5.75 Å². The highest BCUT2D eigenvalue weighted by molar-refractivity contribution is 5.95. The van der Waals surface area contributed by atoms with Crippen LogP contribution in [-0.4, -0.2) is 35.5 Å². The highest BCUT2D eigenvalue weighted by atomic mass is 16.5. The van der Waals surface area contributed by atoms with Crippen molar-refractivity contribution in [2.45, 2.75) is 13.3 Å². The number of nitrogens with zero attached hydrogens (tertiary/aromatic N) is 2. The van der Waals surface area contributed by atoms with Crippen LogP contribution in [0, 0.1) is 0 Å². The van der Waals surface area contributed by atoms with Crippen LogP contribution in [0.25, 0.3) is 0 Å². The first kappa shape index (κ1) is 20.0. The lowest BCUT2D eigenvalue weighted by Gasteiger charge is -2.08. The molecule has 0 aliphatic carbocycles. The fourth-order valence-corrected chi connectivity index (χ4v) is 2.72. The van der Waals surface area contributed by atoms with E-state index < -0.39 is 0 Å². The summed E-state index contributed by atoms with van der Waals surface area (Å²) >= 11 is 0. The Hall–Kier alpha value is -3.74. The lowest BCUT2D eigenvalue weighted by atomic mass is 10.1. The van der Waals surface area contributed by atoms with Crippen LogP contribution in [0.15, 0.2) is 60.7 Å². The second kappa shape index (κ2) is 9.45. The molecule has 0 bridgehead atoms. The third kappa shape index (κ3) is 5.62. The Morgan fingerprint density at radius 1 is 1.00 bits per heavy atom. The van der Waals surface area contributed by atoms with Gasteiger partial charge in [-0.05, 0) is 55.3 Å². The van der Waals surface area contributed by atoms with Gasteiger partial charge in [0.1, 0.15) is 5.75 Å². The zero-order valence-corrected chi connectivity index (χ0v) is 16.3. The van der Waals surface area contributed by atoms with E-state index in [0.29, 0.717) is 24.3 Å². The van der Waals surface area contributed by atoms with Crippen LogP contribution >= 0.6 is 0 Å². The van der Waals surface area contributed by atoms with E-state index in [1.807, 2.05) is 30.3 Å². The molecule has 0 aliphatic heterocycles. The Labute approximate surface area is 169 Å². The summed E-state index contributed by atoms with van der Waals surface area (Å²) in [4.78, 5) is 23.7. The number of hydrogen-bond acceptors (Lipinski definition) is 6. The predicted molar refractivity (Wildman–Crippen MR) is 111 cm³/mol. The van der Waals surface area contributed by atoms with Gasteiger partial charge >= 0.3 is 0 Å². The number of ether oxygens (including phenoxy) is 1. The molecule has 0 atom stereocenters. The summed E-state index contributed by atoms with van der Waals surface area (Å²) in [5.41, 5.74) is 2.64. The van der Waals surface area contributed by atoms with Crippen LogP contribution in [0.5, 0.6) is 5.75 Å². The molecule has 7 nitrogen and oxygen atoms in total. The molecule has 0 fully saturated rings. The Kier molecular flexibility index (Phi) is 6.52. The van der Waals surface area contributed by atoms with Crippen molar-refractivity contribution in [2.24, 2.45) is 0 Å². The average molecular weight is 390 g/mol. The number of amides is 1. The molecule has 0 saturated carbocycles. The van der Waals surface area contributed by atoms with E-state index in [9.17, 15) is 9.59 Å². The Bertz CT molecular complexity index is 1000. The van der Waals surface area contributed by atoms with Crippen LogP contribution in [0.4, 0.5) is 11.5 Å². The van der Waals surface area contributed by atoms with E-state index in [1.54, 1.807) is 37.4 Å². The van der Waals surface area contributed by atoms with Gasteiger partial charge in [-0.25, -0.2) is 0 Å². The summed E-state index contributed by atoms with van der Waals surface area (Å²) in [6.07, 6.45) is 0.683. The van der Waals surface area contributed by atoms with Crippen molar-refractivity contribution in [1.82, 2.24) is 15.5 Å². The normalized spacial score (nSPS) is 10.3. The topological polar surface area (TPSA) is 93.2 Å². The first-order valence-electron chi connectivity index (χ1n) is 9.18. The number of Topliss-reactive ketones (excluding diaryl/α,β-unsaturated/α-hetero) is 1. The van der Waals surface area contributed by atoms with Crippen LogP contribution in [0.1, 0.15) is 33.3 Å². The number of aromatic nitrogens is 2. The molecule has 3 rings (SSSR count). The molecule has 1 amide bonds. The molecule has 1 aromatic heterocycles. The third-order valence-electron chi connectivity index (χ3n) is 4.27. The first-order chi connectivity index (χ1) is 14.0. The summed E-state index contributed by atoms with van der Waals surface area (Å²) in [7, 11) is 1.62. The first-order valence-corrected chi connectivity index (χ1v) is 9.18. The van der Waals surface area contributed by atoms with E-state index in [0.717, 1.165) is 17.0 Å². The zero-order chi connectivity index (χ0) is 20.6. The summed E-state index contributed by atoms with van der Waals surface area (Å²) in [5, 5.41) is 13.9. The average Bonchev–Trinajstić information content (AvgIpc) is 2.74. The van der Waals surface area contributed by atoms with Gasteiger partial charge in [0.2, 0.25) is 0 Å². The SMILES string of the molecule is COc1cccc(CCNC(=O)c2ccc(Nc3cccc(C(C)=O)c3)nn2)c1. The van der Waals surface area contributed by atoms with Crippen LogP contribution in [-0.2, 0) is 6.42 Å². The Balaban J connectivity index is 1.54. The lowest BCUT2D eigenvalue weighted by Crippen LogP contribution is -2.26. The molecule has 0 spiro atoms. The second-order valence-electron chi connectivity index (χ2n) is 6.42. The quantitative estimate of drug-likeness (QED) is 0.573. The van der Waals surface area contributed by atoms with Gasteiger partial charge in [0.15, 0.2) is 17.3 Å². The fraction of sp³-hybridized carbons (Fsp3) is 0.182. The summed E-state index contributed by atoms with van der Waals surface area (Å²) < 4.78 is 5.20. The number of carbonyl (C=O) groups is 2. The number of methoxy groups -OCH3 is 1. The molecule has 0 aliphatic rings.